The minimum absolute atomic E-state index is 0. The number of rotatable bonds is 13. The van der Waals surface area contributed by atoms with Gasteiger partial charge in [0.15, 0.2) is 16.8 Å². The molecule has 7 nitrogen and oxygen atoms in total. The van der Waals surface area contributed by atoms with Gasteiger partial charge in [-0.25, -0.2) is 4.79 Å². The fraction of sp³-hybridized carbons (Fsp3) is 0.385. The Morgan fingerprint density at radius 3 is 2.24 bits per heavy atom. The van der Waals surface area contributed by atoms with E-state index in [0.717, 1.165) is 63.4 Å². The van der Waals surface area contributed by atoms with Gasteiger partial charge in [0.2, 0.25) is 5.76 Å². The summed E-state index contributed by atoms with van der Waals surface area (Å²) in [5, 5.41) is 9.43. The second-order valence-electron chi connectivity index (χ2n) is 7.74. The lowest BCUT2D eigenvalue weighted by atomic mass is 10.1. The first-order chi connectivity index (χ1) is 15.6. The zero-order valence-electron chi connectivity index (χ0n) is 19.0. The lowest BCUT2D eigenvalue weighted by Crippen LogP contribution is -2.07. The predicted molar refractivity (Wildman–Crippen MR) is 128 cm³/mol. The Bertz CT molecular complexity index is 1090. The van der Waals surface area contributed by atoms with Crippen molar-refractivity contribution in [2.75, 3.05) is 13.2 Å². The first-order valence-corrected chi connectivity index (χ1v) is 11.2. The molecule has 3 rings (SSSR count). The molecule has 0 saturated carbocycles. The predicted octanol–water partition coefficient (Wildman–Crippen LogP) is 5.03. The van der Waals surface area contributed by atoms with Crippen LogP contribution in [0.3, 0.4) is 0 Å². The zero-order valence-corrected chi connectivity index (χ0v) is 19.0. The third kappa shape index (κ3) is 7.36. The highest BCUT2D eigenvalue weighted by Crippen LogP contribution is 2.25. The molecule has 0 aliphatic heterocycles. The Kier molecular flexibility index (Phi) is 10.4. The molecule has 7 heteroatoms. The number of carboxylic acid groups (broad SMARTS) is 1. The van der Waals surface area contributed by atoms with E-state index >= 15 is 0 Å². The lowest BCUT2D eigenvalue weighted by molar-refractivity contribution is 0.0662. The van der Waals surface area contributed by atoms with Crippen LogP contribution in [-0.2, 0) is 6.42 Å². The average Bonchev–Trinajstić information content (AvgIpc) is 2.79. The van der Waals surface area contributed by atoms with E-state index < -0.39 is 17.2 Å². The van der Waals surface area contributed by atoms with Crippen molar-refractivity contribution in [3.63, 3.8) is 0 Å². The van der Waals surface area contributed by atoms with Crippen LogP contribution in [0.25, 0.3) is 11.0 Å². The largest absolute Gasteiger partial charge is 0.493 e. The molecule has 0 fully saturated rings. The van der Waals surface area contributed by atoms with Gasteiger partial charge in [0.05, 0.1) is 18.6 Å². The molecule has 0 unspecified atom stereocenters. The number of aryl methyl sites for hydroxylation is 1. The molecular weight excluding hydrogens is 424 g/mol. The topological polar surface area (TPSA) is 117 Å². The van der Waals surface area contributed by atoms with Crippen LogP contribution in [0, 0.1) is 0 Å². The van der Waals surface area contributed by atoms with Crippen LogP contribution in [0.2, 0.25) is 0 Å². The van der Waals surface area contributed by atoms with E-state index in [9.17, 15) is 9.59 Å². The molecule has 0 atom stereocenters. The third-order valence-electron chi connectivity index (χ3n) is 5.23. The quantitative estimate of drug-likeness (QED) is 0.361. The summed E-state index contributed by atoms with van der Waals surface area (Å²) in [6.45, 7) is 3.36. The minimum atomic E-state index is -1.28. The van der Waals surface area contributed by atoms with Crippen molar-refractivity contribution < 1.29 is 29.3 Å². The van der Waals surface area contributed by atoms with Crippen LogP contribution in [0.1, 0.15) is 61.6 Å². The molecule has 0 radical (unpaired) electrons. The molecular formula is C26H32O7. The van der Waals surface area contributed by atoms with Gasteiger partial charge >= 0.3 is 5.97 Å². The second kappa shape index (κ2) is 13.3. The number of carboxylic acids is 1. The SMILES string of the molecule is CCCc1ccccc1OCCCCCCCOc1cccc2c(=O)cc(C(=O)O)oc12.O. The summed E-state index contributed by atoms with van der Waals surface area (Å²) in [6, 6.07) is 14.2. The Morgan fingerprint density at radius 1 is 0.909 bits per heavy atom. The van der Waals surface area contributed by atoms with Gasteiger partial charge in [-0.15, -0.1) is 0 Å². The summed E-state index contributed by atoms with van der Waals surface area (Å²) in [5.41, 5.74) is 1.05. The Labute approximate surface area is 193 Å². The van der Waals surface area contributed by atoms with Crippen LogP contribution >= 0.6 is 0 Å². The molecule has 0 spiro atoms. The van der Waals surface area contributed by atoms with E-state index in [4.69, 9.17) is 19.0 Å². The van der Waals surface area contributed by atoms with Crippen molar-refractivity contribution in [3.05, 3.63) is 70.1 Å². The first kappa shape index (κ1) is 25.9. The molecule has 2 aromatic carbocycles. The molecule has 3 N–H and O–H groups in total. The molecule has 0 aliphatic rings. The minimum Gasteiger partial charge on any atom is -0.493 e. The van der Waals surface area contributed by atoms with E-state index in [0.29, 0.717) is 17.7 Å². The summed E-state index contributed by atoms with van der Waals surface area (Å²) in [6.07, 6.45) is 7.19. The molecule has 33 heavy (non-hydrogen) atoms. The van der Waals surface area contributed by atoms with Crippen molar-refractivity contribution >= 4 is 16.9 Å². The number of benzene rings is 2. The normalized spacial score (nSPS) is 10.6. The monoisotopic (exact) mass is 456 g/mol. The summed E-state index contributed by atoms with van der Waals surface area (Å²) in [7, 11) is 0. The summed E-state index contributed by atoms with van der Waals surface area (Å²) in [5.74, 6) is -0.285. The molecule has 0 aliphatic carbocycles. The van der Waals surface area contributed by atoms with Crippen LogP contribution < -0.4 is 14.9 Å². The number of unbranched alkanes of at least 4 members (excludes halogenated alkanes) is 4. The molecule has 0 saturated heterocycles. The van der Waals surface area contributed by atoms with Gasteiger partial charge in [-0.1, -0.05) is 56.9 Å². The number of fused-ring (bicyclic) bond motifs is 1. The fourth-order valence-corrected chi connectivity index (χ4v) is 3.59. The maximum atomic E-state index is 12.1. The third-order valence-corrected chi connectivity index (χ3v) is 5.23. The van der Waals surface area contributed by atoms with E-state index in [1.165, 1.54) is 5.56 Å². The van der Waals surface area contributed by atoms with Crippen LogP contribution in [0.5, 0.6) is 11.5 Å². The Hall–Kier alpha value is -3.32. The standard InChI is InChI=1S/C26H30O6.H2O/c1-2-11-19-12-6-7-14-22(19)30-16-8-4-3-5-9-17-31-23-15-10-13-20-21(27)18-24(26(28)29)32-25(20)23;/h6-7,10,12-15,18H,2-5,8-9,11,16-17H2,1H3,(H,28,29);1H2. The smallest absolute Gasteiger partial charge is 0.371 e. The Balaban J connectivity index is 0.00000385. The number of para-hydroxylation sites is 2. The van der Waals surface area contributed by atoms with E-state index in [1.807, 2.05) is 12.1 Å². The summed E-state index contributed by atoms with van der Waals surface area (Å²) < 4.78 is 17.1. The van der Waals surface area contributed by atoms with Crippen LogP contribution in [-0.4, -0.2) is 29.8 Å². The van der Waals surface area contributed by atoms with Gasteiger partial charge in [-0.3, -0.25) is 4.79 Å². The highest BCUT2D eigenvalue weighted by Gasteiger charge is 2.14. The molecule has 0 amide bonds. The summed E-state index contributed by atoms with van der Waals surface area (Å²) >= 11 is 0. The van der Waals surface area contributed by atoms with Crippen molar-refractivity contribution in [2.45, 2.75) is 51.9 Å². The van der Waals surface area contributed by atoms with Crippen molar-refractivity contribution in [2.24, 2.45) is 0 Å². The fourth-order valence-electron chi connectivity index (χ4n) is 3.59. The number of ether oxygens (including phenoxy) is 2. The van der Waals surface area contributed by atoms with E-state index in [2.05, 4.69) is 19.1 Å². The molecule has 178 valence electrons. The first-order valence-electron chi connectivity index (χ1n) is 11.2. The number of hydrogen-bond donors (Lipinski definition) is 1. The van der Waals surface area contributed by atoms with Crippen LogP contribution in [0.15, 0.2) is 57.7 Å². The maximum absolute atomic E-state index is 12.1. The van der Waals surface area contributed by atoms with Gasteiger partial charge < -0.3 is 24.5 Å². The maximum Gasteiger partial charge on any atom is 0.371 e. The van der Waals surface area contributed by atoms with Gasteiger partial charge in [0.1, 0.15) is 5.75 Å². The number of carbonyl (C=O) groups is 1. The molecule has 0 bridgehead atoms. The van der Waals surface area contributed by atoms with E-state index in [-0.39, 0.29) is 11.1 Å². The summed E-state index contributed by atoms with van der Waals surface area (Å²) in [4.78, 5) is 23.3. The van der Waals surface area contributed by atoms with Gasteiger partial charge in [0.25, 0.3) is 0 Å². The van der Waals surface area contributed by atoms with Crippen LogP contribution in [0.4, 0.5) is 0 Å². The number of aromatic carboxylic acids is 1. The highest BCUT2D eigenvalue weighted by molar-refractivity contribution is 5.89. The molecule has 3 aromatic rings. The van der Waals surface area contributed by atoms with Gasteiger partial charge in [-0.05, 0) is 43.0 Å². The number of hydrogen-bond acceptors (Lipinski definition) is 5. The zero-order chi connectivity index (χ0) is 22.8. The van der Waals surface area contributed by atoms with Crippen molar-refractivity contribution in [1.82, 2.24) is 0 Å². The second-order valence-corrected chi connectivity index (χ2v) is 7.74. The van der Waals surface area contributed by atoms with Crippen molar-refractivity contribution in [1.29, 1.82) is 0 Å². The lowest BCUT2D eigenvalue weighted by Gasteiger charge is -2.11. The Morgan fingerprint density at radius 2 is 1.55 bits per heavy atom. The van der Waals surface area contributed by atoms with Gasteiger partial charge in [-0.2, -0.15) is 0 Å². The van der Waals surface area contributed by atoms with Crippen molar-refractivity contribution in [3.8, 4) is 11.5 Å². The average molecular weight is 457 g/mol. The molecule has 1 heterocycles. The van der Waals surface area contributed by atoms with E-state index in [1.54, 1.807) is 18.2 Å². The molecule has 1 aromatic heterocycles. The highest BCUT2D eigenvalue weighted by atomic mass is 16.5. The van der Waals surface area contributed by atoms with Gasteiger partial charge in [0, 0.05) is 6.07 Å².